The van der Waals surface area contributed by atoms with Crippen LogP contribution in [0.15, 0.2) is 30.3 Å². The van der Waals surface area contributed by atoms with Gasteiger partial charge in [0.1, 0.15) is 5.82 Å². The van der Waals surface area contributed by atoms with E-state index < -0.39 is 6.10 Å². The first kappa shape index (κ1) is 14.7. The molecule has 1 fully saturated rings. The fourth-order valence-corrected chi connectivity index (χ4v) is 2.47. The van der Waals surface area contributed by atoms with E-state index in [9.17, 15) is 14.3 Å². The number of nitrogens with one attached hydrogen (secondary N) is 1. The molecule has 3 nitrogen and oxygen atoms in total. The van der Waals surface area contributed by atoms with Gasteiger partial charge >= 0.3 is 0 Å². The Bertz CT molecular complexity index is 487. The summed E-state index contributed by atoms with van der Waals surface area (Å²) >= 11 is 0. The molecule has 0 aromatic heterocycles. The lowest BCUT2D eigenvalue weighted by Crippen LogP contribution is -2.41. The first-order chi connectivity index (χ1) is 9.65. The van der Waals surface area contributed by atoms with E-state index >= 15 is 0 Å². The molecule has 1 aliphatic carbocycles. The average Bonchev–Trinajstić information content (AvgIpc) is 2.62. The van der Waals surface area contributed by atoms with Crippen molar-refractivity contribution in [3.05, 3.63) is 41.7 Å². The summed E-state index contributed by atoms with van der Waals surface area (Å²) in [6.45, 7) is 0. The molecule has 0 heterocycles. The summed E-state index contributed by atoms with van der Waals surface area (Å²) in [6.07, 6.45) is 7.15. The van der Waals surface area contributed by atoms with Gasteiger partial charge in [-0.1, -0.05) is 31.4 Å². The second-order valence-corrected chi connectivity index (χ2v) is 5.21. The second-order valence-electron chi connectivity index (χ2n) is 5.21. The van der Waals surface area contributed by atoms with E-state index in [-0.39, 0.29) is 17.8 Å². The van der Waals surface area contributed by atoms with Gasteiger partial charge in [-0.25, -0.2) is 4.39 Å². The molecule has 2 atom stereocenters. The number of halogens is 1. The third kappa shape index (κ3) is 4.46. The van der Waals surface area contributed by atoms with Gasteiger partial charge in [-0.2, -0.15) is 0 Å². The summed E-state index contributed by atoms with van der Waals surface area (Å²) in [5.74, 6) is -0.577. The maximum absolute atomic E-state index is 13.0. The number of aliphatic hydroxyl groups is 1. The zero-order chi connectivity index (χ0) is 14.4. The number of hydrogen-bond donors (Lipinski definition) is 2. The highest BCUT2D eigenvalue weighted by molar-refractivity contribution is 5.91. The molecule has 1 aliphatic rings. The number of benzene rings is 1. The Balaban J connectivity index is 1.91. The monoisotopic (exact) mass is 277 g/mol. The van der Waals surface area contributed by atoms with Crippen LogP contribution in [0.2, 0.25) is 0 Å². The quantitative estimate of drug-likeness (QED) is 0.659. The highest BCUT2D eigenvalue weighted by Crippen LogP contribution is 2.18. The van der Waals surface area contributed by atoms with E-state index in [1.165, 1.54) is 18.2 Å². The van der Waals surface area contributed by atoms with Gasteiger partial charge in [0.05, 0.1) is 12.1 Å². The summed E-state index contributed by atoms with van der Waals surface area (Å²) in [7, 11) is 0. The summed E-state index contributed by atoms with van der Waals surface area (Å²) in [5, 5.41) is 12.8. The number of carbonyl (C=O) groups is 1. The minimum Gasteiger partial charge on any atom is -0.391 e. The van der Waals surface area contributed by atoms with Crippen LogP contribution in [0.25, 0.3) is 6.08 Å². The van der Waals surface area contributed by atoms with Crippen LogP contribution >= 0.6 is 0 Å². The fraction of sp³-hybridized carbons (Fsp3) is 0.438. The molecule has 0 aliphatic heterocycles. The molecule has 20 heavy (non-hydrogen) atoms. The third-order valence-corrected chi connectivity index (χ3v) is 3.58. The van der Waals surface area contributed by atoms with Gasteiger partial charge in [-0.3, -0.25) is 4.79 Å². The van der Waals surface area contributed by atoms with Crippen LogP contribution in [0.1, 0.15) is 37.7 Å². The molecule has 0 radical (unpaired) electrons. The van der Waals surface area contributed by atoms with Crippen molar-refractivity contribution in [3.63, 3.8) is 0 Å². The average molecular weight is 277 g/mol. The first-order valence-corrected chi connectivity index (χ1v) is 7.07. The molecular weight excluding hydrogens is 257 g/mol. The van der Waals surface area contributed by atoms with E-state index in [1.807, 2.05) is 0 Å². The van der Waals surface area contributed by atoms with Gasteiger partial charge in [0.25, 0.3) is 0 Å². The lowest BCUT2D eigenvalue weighted by atomic mass is 10.1. The number of amides is 1. The van der Waals surface area contributed by atoms with Crippen LogP contribution in [0, 0.1) is 5.82 Å². The largest absolute Gasteiger partial charge is 0.391 e. The molecule has 2 rings (SSSR count). The summed E-state index contributed by atoms with van der Waals surface area (Å²) < 4.78 is 13.0. The Kier molecular flexibility index (Phi) is 5.30. The van der Waals surface area contributed by atoms with Crippen molar-refractivity contribution in [2.75, 3.05) is 0 Å². The van der Waals surface area contributed by atoms with Crippen molar-refractivity contribution in [1.82, 2.24) is 5.32 Å². The van der Waals surface area contributed by atoms with Crippen molar-refractivity contribution in [1.29, 1.82) is 0 Å². The SMILES string of the molecule is O=C(/C=C/c1cccc(F)c1)NC1CCCCCC1O. The first-order valence-electron chi connectivity index (χ1n) is 7.07. The molecule has 1 aromatic carbocycles. The molecule has 1 saturated carbocycles. The van der Waals surface area contributed by atoms with Gasteiger partial charge in [0.15, 0.2) is 0 Å². The number of carbonyl (C=O) groups excluding carboxylic acids is 1. The molecule has 0 bridgehead atoms. The van der Waals surface area contributed by atoms with Gasteiger partial charge in [-0.05, 0) is 36.6 Å². The van der Waals surface area contributed by atoms with Crippen molar-refractivity contribution in [2.24, 2.45) is 0 Å². The maximum Gasteiger partial charge on any atom is 0.244 e. The standard InChI is InChI=1S/C16H20FNO2/c17-13-6-4-5-12(11-13)9-10-16(20)18-14-7-2-1-3-8-15(14)19/h4-6,9-11,14-15,19H,1-3,7-8H2,(H,18,20)/b10-9+. The summed E-state index contributed by atoms with van der Waals surface area (Å²) in [4.78, 5) is 11.8. The molecule has 0 saturated heterocycles. The minimum atomic E-state index is -0.469. The van der Waals surface area contributed by atoms with Crippen molar-refractivity contribution in [3.8, 4) is 0 Å². The highest BCUT2D eigenvalue weighted by Gasteiger charge is 2.22. The predicted octanol–water partition coefficient (Wildman–Crippen LogP) is 2.65. The molecular formula is C16H20FNO2. The van der Waals surface area contributed by atoms with Gasteiger partial charge < -0.3 is 10.4 Å². The van der Waals surface area contributed by atoms with Crippen LogP contribution in [0.3, 0.4) is 0 Å². The molecule has 108 valence electrons. The Morgan fingerprint density at radius 3 is 2.90 bits per heavy atom. The minimum absolute atomic E-state index is 0.179. The smallest absolute Gasteiger partial charge is 0.244 e. The van der Waals surface area contributed by atoms with Gasteiger partial charge in [0.2, 0.25) is 5.91 Å². The number of hydrogen-bond acceptors (Lipinski definition) is 2. The lowest BCUT2D eigenvalue weighted by Gasteiger charge is -2.20. The van der Waals surface area contributed by atoms with E-state index in [0.29, 0.717) is 5.56 Å². The molecule has 0 spiro atoms. The Hall–Kier alpha value is -1.68. The van der Waals surface area contributed by atoms with E-state index in [4.69, 9.17) is 0 Å². The van der Waals surface area contributed by atoms with E-state index in [0.717, 1.165) is 32.1 Å². The predicted molar refractivity (Wildman–Crippen MR) is 76.5 cm³/mol. The summed E-state index contributed by atoms with van der Waals surface area (Å²) in [5.41, 5.74) is 0.640. The fourth-order valence-electron chi connectivity index (χ4n) is 2.47. The van der Waals surface area contributed by atoms with Crippen molar-refractivity contribution >= 4 is 12.0 Å². The topological polar surface area (TPSA) is 49.3 Å². The Labute approximate surface area is 118 Å². The second kappa shape index (κ2) is 7.20. The molecule has 2 unspecified atom stereocenters. The van der Waals surface area contributed by atoms with E-state index in [2.05, 4.69) is 5.32 Å². The number of rotatable bonds is 3. The maximum atomic E-state index is 13.0. The molecule has 1 aromatic rings. The lowest BCUT2D eigenvalue weighted by molar-refractivity contribution is -0.118. The van der Waals surface area contributed by atoms with Crippen LogP contribution in [-0.4, -0.2) is 23.2 Å². The van der Waals surface area contributed by atoms with Crippen LogP contribution in [-0.2, 0) is 4.79 Å². The Morgan fingerprint density at radius 1 is 1.30 bits per heavy atom. The Morgan fingerprint density at radius 2 is 2.10 bits per heavy atom. The zero-order valence-electron chi connectivity index (χ0n) is 11.4. The van der Waals surface area contributed by atoms with Gasteiger partial charge in [-0.15, -0.1) is 0 Å². The number of aliphatic hydroxyl groups excluding tert-OH is 1. The van der Waals surface area contributed by atoms with Crippen LogP contribution in [0.4, 0.5) is 4.39 Å². The van der Waals surface area contributed by atoms with Crippen molar-refractivity contribution in [2.45, 2.75) is 44.2 Å². The zero-order valence-corrected chi connectivity index (χ0v) is 11.4. The third-order valence-electron chi connectivity index (χ3n) is 3.58. The van der Waals surface area contributed by atoms with Gasteiger partial charge in [0, 0.05) is 6.08 Å². The van der Waals surface area contributed by atoms with Crippen molar-refractivity contribution < 1.29 is 14.3 Å². The normalized spacial score (nSPS) is 23.5. The highest BCUT2D eigenvalue weighted by atomic mass is 19.1. The van der Waals surface area contributed by atoms with E-state index in [1.54, 1.807) is 18.2 Å². The molecule has 2 N–H and O–H groups in total. The summed E-state index contributed by atoms with van der Waals surface area (Å²) in [6, 6.07) is 5.88. The molecule has 1 amide bonds. The molecule has 4 heteroatoms. The van der Waals surface area contributed by atoms with Crippen LogP contribution < -0.4 is 5.32 Å². The van der Waals surface area contributed by atoms with Crippen LogP contribution in [0.5, 0.6) is 0 Å².